The van der Waals surface area contributed by atoms with E-state index in [0.717, 1.165) is 29.7 Å². The lowest BCUT2D eigenvalue weighted by Crippen LogP contribution is -2.41. The van der Waals surface area contributed by atoms with E-state index in [1.807, 2.05) is 6.07 Å². The van der Waals surface area contributed by atoms with Gasteiger partial charge in [0, 0.05) is 4.88 Å². The lowest BCUT2D eigenvalue weighted by Gasteiger charge is -2.23. The van der Waals surface area contributed by atoms with Crippen molar-refractivity contribution >= 4 is 39.8 Å². The van der Waals surface area contributed by atoms with Crippen LogP contribution in [-0.4, -0.2) is 42.2 Å². The van der Waals surface area contributed by atoms with Crippen molar-refractivity contribution in [2.24, 2.45) is 11.8 Å². The number of hydrogen-bond donors (Lipinski definition) is 3. The maximum absolute atomic E-state index is 13.3. The minimum absolute atomic E-state index is 0.317. The molecule has 0 radical (unpaired) electrons. The molecule has 2 aliphatic heterocycles. The third-order valence-corrected chi connectivity index (χ3v) is 7.81. The monoisotopic (exact) mass is 456 g/mol. The van der Waals surface area contributed by atoms with Gasteiger partial charge in [0.05, 0.1) is 42.4 Å². The molecule has 3 aliphatic rings. The first-order chi connectivity index (χ1) is 15.5. The standard InChI is InChI=1S/C23H24N2O6S/c1-30-13-7-3-2-6-12(13)24-20(26)17-11-5-4-8-16(11)32-22(17)25-21(27)18-14-9-10-15(31-14)19(18)23(28)29/h2-3,6-7,14-15,18-19H,4-5,8-10H2,1H3,(H,24,26)(H,25,27)(H,28,29). The fourth-order valence-electron chi connectivity index (χ4n) is 5.19. The number of methoxy groups -OCH3 is 1. The number of carboxylic acid groups (broad SMARTS) is 1. The van der Waals surface area contributed by atoms with Gasteiger partial charge in [-0.2, -0.15) is 0 Å². The van der Waals surface area contributed by atoms with Crippen LogP contribution in [-0.2, 0) is 27.2 Å². The Labute approximate surface area is 188 Å². The zero-order chi connectivity index (χ0) is 22.4. The first kappa shape index (κ1) is 21.0. The molecule has 2 saturated heterocycles. The number of rotatable bonds is 6. The van der Waals surface area contributed by atoms with Crippen molar-refractivity contribution in [3.63, 3.8) is 0 Å². The summed E-state index contributed by atoms with van der Waals surface area (Å²) < 4.78 is 11.1. The summed E-state index contributed by atoms with van der Waals surface area (Å²) in [6, 6.07) is 7.14. The van der Waals surface area contributed by atoms with Crippen LogP contribution in [0.3, 0.4) is 0 Å². The minimum atomic E-state index is -1.01. The van der Waals surface area contributed by atoms with Crippen molar-refractivity contribution in [1.29, 1.82) is 0 Å². The Morgan fingerprint density at radius 1 is 1.09 bits per heavy atom. The second-order valence-electron chi connectivity index (χ2n) is 8.39. The van der Waals surface area contributed by atoms with Crippen molar-refractivity contribution in [2.45, 2.75) is 44.3 Å². The summed E-state index contributed by atoms with van der Waals surface area (Å²) in [5.74, 6) is -2.79. The summed E-state index contributed by atoms with van der Waals surface area (Å²) in [4.78, 5) is 39.3. The first-order valence-corrected chi connectivity index (χ1v) is 11.6. The van der Waals surface area contributed by atoms with Crippen LogP contribution in [0.2, 0.25) is 0 Å². The molecule has 2 fully saturated rings. The highest BCUT2D eigenvalue weighted by molar-refractivity contribution is 7.17. The van der Waals surface area contributed by atoms with Gasteiger partial charge in [-0.15, -0.1) is 11.3 Å². The highest BCUT2D eigenvalue weighted by Gasteiger charge is 2.55. The minimum Gasteiger partial charge on any atom is -0.495 e. The molecule has 1 aromatic heterocycles. The van der Waals surface area contributed by atoms with Gasteiger partial charge in [0.25, 0.3) is 5.91 Å². The van der Waals surface area contributed by atoms with Crippen LogP contribution < -0.4 is 15.4 Å². The largest absolute Gasteiger partial charge is 0.495 e. The summed E-state index contributed by atoms with van der Waals surface area (Å²) in [7, 11) is 1.54. The number of carbonyl (C=O) groups is 3. The number of anilines is 2. The number of ether oxygens (including phenoxy) is 2. The Morgan fingerprint density at radius 2 is 1.84 bits per heavy atom. The van der Waals surface area contributed by atoms with Gasteiger partial charge in [0.2, 0.25) is 5.91 Å². The van der Waals surface area contributed by atoms with E-state index in [1.54, 1.807) is 18.2 Å². The number of para-hydroxylation sites is 2. The van der Waals surface area contributed by atoms with Crippen LogP contribution in [0.4, 0.5) is 10.7 Å². The highest BCUT2D eigenvalue weighted by atomic mass is 32.1. The van der Waals surface area contributed by atoms with E-state index >= 15 is 0 Å². The number of aryl methyl sites for hydroxylation is 1. The molecule has 8 nitrogen and oxygen atoms in total. The molecule has 32 heavy (non-hydrogen) atoms. The normalized spacial score (nSPS) is 25.4. The molecule has 2 amide bonds. The van der Waals surface area contributed by atoms with Crippen molar-refractivity contribution in [3.8, 4) is 5.75 Å². The van der Waals surface area contributed by atoms with E-state index in [1.165, 1.54) is 18.4 Å². The van der Waals surface area contributed by atoms with Gasteiger partial charge >= 0.3 is 5.97 Å². The third-order valence-electron chi connectivity index (χ3n) is 6.60. The molecule has 4 unspecified atom stereocenters. The van der Waals surface area contributed by atoms with Gasteiger partial charge in [0.15, 0.2) is 0 Å². The van der Waals surface area contributed by atoms with Crippen molar-refractivity contribution < 1.29 is 29.0 Å². The summed E-state index contributed by atoms with van der Waals surface area (Å²) in [5.41, 5.74) is 1.96. The number of benzene rings is 1. The lowest BCUT2D eigenvalue weighted by molar-refractivity contribution is -0.147. The summed E-state index contributed by atoms with van der Waals surface area (Å²) in [6.45, 7) is 0. The number of carbonyl (C=O) groups excluding carboxylic acids is 2. The number of aliphatic carboxylic acids is 1. The molecular weight excluding hydrogens is 432 g/mol. The summed E-state index contributed by atoms with van der Waals surface area (Å²) >= 11 is 1.40. The Hall–Kier alpha value is -2.91. The first-order valence-electron chi connectivity index (χ1n) is 10.8. The van der Waals surface area contributed by atoms with Gasteiger partial charge in [-0.05, 0) is 49.8 Å². The molecule has 2 aromatic rings. The molecule has 3 heterocycles. The number of fused-ring (bicyclic) bond motifs is 3. The van der Waals surface area contributed by atoms with Gasteiger partial charge in [-0.3, -0.25) is 14.4 Å². The molecule has 4 atom stereocenters. The molecule has 0 spiro atoms. The fraction of sp³-hybridized carbons (Fsp3) is 0.435. The van der Waals surface area contributed by atoms with Crippen molar-refractivity contribution in [2.75, 3.05) is 17.7 Å². The van der Waals surface area contributed by atoms with Gasteiger partial charge < -0.3 is 25.2 Å². The maximum atomic E-state index is 13.3. The fourth-order valence-corrected chi connectivity index (χ4v) is 6.47. The predicted molar refractivity (Wildman–Crippen MR) is 118 cm³/mol. The summed E-state index contributed by atoms with van der Waals surface area (Å²) in [5, 5.41) is 15.9. The Kier molecular flexibility index (Phi) is 5.38. The van der Waals surface area contributed by atoms with Gasteiger partial charge in [-0.1, -0.05) is 12.1 Å². The number of carboxylic acids is 1. The van der Waals surface area contributed by atoms with Crippen molar-refractivity contribution in [3.05, 3.63) is 40.3 Å². The maximum Gasteiger partial charge on any atom is 0.310 e. The number of thiophene rings is 1. The molecule has 3 N–H and O–H groups in total. The van der Waals surface area contributed by atoms with Crippen LogP contribution in [0, 0.1) is 11.8 Å². The van der Waals surface area contributed by atoms with E-state index in [2.05, 4.69) is 10.6 Å². The Morgan fingerprint density at radius 3 is 2.59 bits per heavy atom. The molecule has 9 heteroatoms. The number of hydrogen-bond acceptors (Lipinski definition) is 6. The van der Waals surface area contributed by atoms with Crippen LogP contribution in [0.5, 0.6) is 5.75 Å². The average molecular weight is 457 g/mol. The van der Waals surface area contributed by atoms with Crippen molar-refractivity contribution in [1.82, 2.24) is 0 Å². The van der Waals surface area contributed by atoms with E-state index in [-0.39, 0.29) is 5.91 Å². The predicted octanol–water partition coefficient (Wildman–Crippen LogP) is 3.31. The van der Waals surface area contributed by atoms with Crippen LogP contribution in [0.1, 0.15) is 40.1 Å². The molecule has 1 aliphatic carbocycles. The SMILES string of the molecule is COc1ccccc1NC(=O)c1c(NC(=O)C2C3CCC(O3)C2C(=O)O)sc2c1CCC2. The molecular formula is C23H24N2O6S. The van der Waals surface area contributed by atoms with Crippen LogP contribution in [0.25, 0.3) is 0 Å². The highest BCUT2D eigenvalue weighted by Crippen LogP contribution is 2.45. The Balaban J connectivity index is 1.42. The lowest BCUT2D eigenvalue weighted by atomic mass is 9.79. The Bertz CT molecular complexity index is 1100. The zero-order valence-corrected chi connectivity index (χ0v) is 18.4. The second kappa shape index (κ2) is 8.22. The molecule has 5 rings (SSSR count). The van der Waals surface area contributed by atoms with Crippen LogP contribution in [0.15, 0.2) is 24.3 Å². The third kappa shape index (κ3) is 3.45. The van der Waals surface area contributed by atoms with E-state index < -0.39 is 35.9 Å². The van der Waals surface area contributed by atoms with Crippen LogP contribution >= 0.6 is 11.3 Å². The number of nitrogens with one attached hydrogen (secondary N) is 2. The molecule has 0 saturated carbocycles. The van der Waals surface area contributed by atoms with Gasteiger partial charge in [-0.25, -0.2) is 0 Å². The van der Waals surface area contributed by atoms with Gasteiger partial charge in [0.1, 0.15) is 10.8 Å². The van der Waals surface area contributed by atoms with E-state index in [4.69, 9.17) is 9.47 Å². The van der Waals surface area contributed by atoms with E-state index in [9.17, 15) is 19.5 Å². The second-order valence-corrected chi connectivity index (χ2v) is 9.49. The zero-order valence-electron chi connectivity index (χ0n) is 17.6. The average Bonchev–Trinajstić information content (AvgIpc) is 3.54. The quantitative estimate of drug-likeness (QED) is 0.615. The number of amides is 2. The molecule has 2 bridgehead atoms. The molecule has 168 valence electrons. The topological polar surface area (TPSA) is 114 Å². The molecule has 1 aromatic carbocycles. The summed E-state index contributed by atoms with van der Waals surface area (Å²) in [6.07, 6.45) is 3.12. The smallest absolute Gasteiger partial charge is 0.310 e. The van der Waals surface area contributed by atoms with E-state index in [0.29, 0.717) is 34.8 Å².